The van der Waals surface area contributed by atoms with E-state index in [0.29, 0.717) is 48.1 Å². The van der Waals surface area contributed by atoms with Gasteiger partial charge in [0, 0.05) is 42.4 Å². The van der Waals surface area contributed by atoms with Gasteiger partial charge in [-0.15, -0.1) is 0 Å². The van der Waals surface area contributed by atoms with Gasteiger partial charge in [0.1, 0.15) is 11.7 Å². The van der Waals surface area contributed by atoms with Crippen LogP contribution >= 0.6 is 0 Å². The van der Waals surface area contributed by atoms with Gasteiger partial charge in [-0.3, -0.25) is 0 Å². The van der Waals surface area contributed by atoms with Crippen molar-refractivity contribution in [1.29, 1.82) is 0 Å². The first kappa shape index (κ1) is 38.9. The molecular weight excluding hydrogens is 713 g/mol. The lowest BCUT2D eigenvalue weighted by atomic mass is 9.39. The average Bonchev–Trinajstić information content (AvgIpc) is 3.75. The molecule has 4 aliphatic carbocycles. The van der Waals surface area contributed by atoms with Gasteiger partial charge >= 0.3 is 23.9 Å². The third kappa shape index (κ3) is 6.07. The van der Waals surface area contributed by atoms with Crippen molar-refractivity contribution in [3.05, 3.63) is 80.7 Å². The fourth-order valence-corrected chi connectivity index (χ4v) is 13.6. The van der Waals surface area contributed by atoms with E-state index >= 15 is 0 Å². The van der Waals surface area contributed by atoms with E-state index < -0.39 is 41.4 Å². The lowest BCUT2D eigenvalue weighted by Gasteiger charge is -2.67. The average molecular weight is 769 g/mol. The number of nitrogens with one attached hydrogen (secondary N) is 2. The molecule has 6 aliphatic rings. The highest BCUT2D eigenvalue weighted by atomic mass is 16.9. The summed E-state index contributed by atoms with van der Waals surface area (Å²) in [7, 11) is 0. The van der Waals surface area contributed by atoms with E-state index in [0.717, 1.165) is 32.1 Å². The van der Waals surface area contributed by atoms with Gasteiger partial charge < -0.3 is 29.8 Å². The third-order valence-electron chi connectivity index (χ3n) is 15.9. The number of rotatable bonds is 9. The van der Waals surface area contributed by atoms with Gasteiger partial charge in [0.05, 0.1) is 28.3 Å². The maximum absolute atomic E-state index is 14.9. The maximum Gasteiger partial charge on any atom is 0.347 e. The Bertz CT molecular complexity index is 2000. The number of allylic oxidation sites excluding steroid dienone is 2. The Morgan fingerprint density at radius 1 is 0.821 bits per heavy atom. The van der Waals surface area contributed by atoms with Crippen LogP contribution in [0.2, 0.25) is 0 Å². The minimum atomic E-state index is -0.762. The number of hydroxylamine groups is 3. The predicted molar refractivity (Wildman–Crippen MR) is 206 cm³/mol. The maximum atomic E-state index is 14.9. The van der Waals surface area contributed by atoms with Crippen molar-refractivity contribution in [2.75, 3.05) is 0 Å². The first-order chi connectivity index (χ1) is 26.5. The highest BCUT2D eigenvalue weighted by Crippen LogP contribution is 2.70. The molecule has 4 saturated carbocycles. The topological polar surface area (TPSA) is 151 Å². The van der Waals surface area contributed by atoms with Crippen LogP contribution in [0.3, 0.4) is 0 Å². The van der Waals surface area contributed by atoms with Crippen LogP contribution in [-0.2, 0) is 9.47 Å². The van der Waals surface area contributed by atoms with E-state index in [2.05, 4.69) is 54.5 Å². The predicted octanol–water partition coefficient (Wildman–Crippen LogP) is 6.72. The van der Waals surface area contributed by atoms with E-state index in [4.69, 9.17) is 14.3 Å². The number of hydrogen-bond acceptors (Lipinski definition) is 9. The van der Waals surface area contributed by atoms with Crippen LogP contribution in [0.1, 0.15) is 148 Å². The van der Waals surface area contributed by atoms with Gasteiger partial charge in [0.15, 0.2) is 5.75 Å². The second-order valence-corrected chi connectivity index (χ2v) is 19.3. The van der Waals surface area contributed by atoms with Crippen molar-refractivity contribution in [1.82, 2.24) is 0 Å². The van der Waals surface area contributed by atoms with Gasteiger partial charge in [0.2, 0.25) is 0 Å². The Morgan fingerprint density at radius 2 is 1.43 bits per heavy atom. The van der Waals surface area contributed by atoms with Gasteiger partial charge in [-0.05, 0) is 117 Å². The van der Waals surface area contributed by atoms with E-state index in [9.17, 15) is 29.6 Å². The summed E-state index contributed by atoms with van der Waals surface area (Å²) in [6, 6.07) is 8.04. The second-order valence-electron chi connectivity index (χ2n) is 19.3. The zero-order valence-electron chi connectivity index (χ0n) is 33.7. The molecule has 12 atom stereocenters. The molecule has 300 valence electrons. The number of carbonyl (C=O) groups is 4. The van der Waals surface area contributed by atoms with Crippen molar-refractivity contribution in [2.45, 2.75) is 118 Å². The zero-order chi connectivity index (χ0) is 40.1. The molecule has 0 saturated heterocycles. The summed E-state index contributed by atoms with van der Waals surface area (Å²) in [4.78, 5) is 55.5. The number of fused-ring (bicyclic) bond motifs is 7. The summed E-state index contributed by atoms with van der Waals surface area (Å²) in [5.74, 6) is -0.572. The van der Waals surface area contributed by atoms with Crippen LogP contribution in [0.5, 0.6) is 5.75 Å². The molecule has 56 heavy (non-hydrogen) atoms. The number of cyclic esters (lactones) is 4. The van der Waals surface area contributed by atoms with E-state index in [1.165, 1.54) is 42.7 Å². The Labute approximate surface area is 329 Å². The minimum Gasteiger partial charge on any atom is -0.629 e. The van der Waals surface area contributed by atoms with Crippen molar-refractivity contribution in [3.8, 4) is 5.75 Å². The number of ether oxygens (including phenoxy) is 2. The van der Waals surface area contributed by atoms with Gasteiger partial charge in [0.25, 0.3) is 0 Å². The van der Waals surface area contributed by atoms with Crippen LogP contribution < -0.4 is 15.1 Å². The molecule has 12 unspecified atom stereocenters. The smallest absolute Gasteiger partial charge is 0.347 e. The zero-order valence-corrected chi connectivity index (χ0v) is 33.7. The molecule has 2 aromatic carbocycles. The van der Waals surface area contributed by atoms with Crippen molar-refractivity contribution in [2.24, 2.45) is 51.8 Å². The lowest BCUT2D eigenvalue weighted by Crippen LogP contribution is -3.16. The molecule has 2 heterocycles. The van der Waals surface area contributed by atoms with Crippen LogP contribution in [0.15, 0.2) is 48.0 Å². The van der Waals surface area contributed by atoms with Gasteiger partial charge in [-0.2, -0.15) is 5.23 Å². The molecular formula is C45H56N2O9. The molecule has 0 aromatic heterocycles. The van der Waals surface area contributed by atoms with Crippen LogP contribution in [0.25, 0.3) is 0 Å². The number of hydrogen-bond donors (Lipinski definition) is 2. The second kappa shape index (κ2) is 13.9. The van der Waals surface area contributed by atoms with Crippen LogP contribution in [0.4, 0.5) is 5.69 Å². The molecule has 0 bridgehead atoms. The van der Waals surface area contributed by atoms with Gasteiger partial charge in [-0.1, -0.05) is 46.3 Å². The SMILES string of the molecule is CC(C)=CCCC(C)C1CCC2C3CC([NH+]([O-])Oc4ccc5c(c4)C(=O)OC5=O)C4C(C)(C)C([NH+]([O-])c5ccc6c(c5)C(=O)OC6=O)CCC4(C)C3CCC12C. The van der Waals surface area contributed by atoms with Crippen LogP contribution in [0, 0.1) is 62.2 Å². The molecule has 8 rings (SSSR count). The Hall–Kier alpha value is -3.90. The van der Waals surface area contributed by atoms with Crippen molar-refractivity contribution in [3.63, 3.8) is 0 Å². The summed E-state index contributed by atoms with van der Waals surface area (Å²) < 4.78 is 9.61. The van der Waals surface area contributed by atoms with E-state index in [-0.39, 0.29) is 55.0 Å². The molecule has 0 spiro atoms. The molecule has 4 fully saturated rings. The molecule has 11 heteroatoms. The fourth-order valence-electron chi connectivity index (χ4n) is 13.6. The molecule has 11 nitrogen and oxygen atoms in total. The monoisotopic (exact) mass is 768 g/mol. The van der Waals surface area contributed by atoms with E-state index in [1.807, 2.05) is 0 Å². The Balaban J connectivity index is 1.13. The highest BCUT2D eigenvalue weighted by Gasteiger charge is 2.68. The fraction of sp³-hybridized carbons (Fsp3) is 0.600. The molecule has 2 aromatic rings. The highest BCUT2D eigenvalue weighted by molar-refractivity contribution is 6.15. The number of quaternary nitrogens is 2. The minimum absolute atomic E-state index is 0.0798. The number of carbonyl (C=O) groups excluding carboxylic acids is 4. The Kier molecular flexibility index (Phi) is 9.66. The quantitative estimate of drug-likeness (QED) is 0.123. The first-order valence-corrected chi connectivity index (χ1v) is 20.7. The molecule has 2 N–H and O–H groups in total. The molecule has 0 radical (unpaired) electrons. The largest absolute Gasteiger partial charge is 0.629 e. The summed E-state index contributed by atoms with van der Waals surface area (Å²) in [5.41, 5.74) is 1.47. The van der Waals surface area contributed by atoms with Gasteiger partial charge in [-0.25, -0.2) is 19.2 Å². The van der Waals surface area contributed by atoms with Crippen molar-refractivity contribution >= 4 is 29.6 Å². The summed E-state index contributed by atoms with van der Waals surface area (Å²) >= 11 is 0. The summed E-state index contributed by atoms with van der Waals surface area (Å²) in [6.45, 7) is 15.9. The van der Waals surface area contributed by atoms with E-state index in [1.54, 1.807) is 12.1 Å². The Morgan fingerprint density at radius 3 is 2.11 bits per heavy atom. The number of esters is 4. The normalized spacial score (nSPS) is 35.6. The summed E-state index contributed by atoms with van der Waals surface area (Å²) in [6.07, 6.45) is 11.3. The molecule has 2 aliphatic heterocycles. The standard InChI is InChI=1S/C45H56N2O9/c1-24(2)9-8-10-25(3)33-15-16-34-32-23-36(47(53)56-27-12-14-29-31(22-27)42(51)55-40(29)49)38-43(4,5)37(18-20-45(38,7)35(32)17-19-44(33,34)6)46(52)26-11-13-28-30(21-26)41(50)54-39(28)48/h9,11-14,21-22,25,32-38,46-47H,8,10,15-20,23H2,1-7H3. The summed E-state index contributed by atoms with van der Waals surface area (Å²) in [5, 5.41) is 28.9. The lowest BCUT2D eigenvalue weighted by molar-refractivity contribution is -1.05. The molecule has 0 amide bonds. The first-order valence-electron chi connectivity index (χ1n) is 20.7. The third-order valence-corrected chi connectivity index (χ3v) is 15.9. The number of benzene rings is 2. The van der Waals surface area contributed by atoms with Crippen LogP contribution in [-0.4, -0.2) is 36.0 Å². The van der Waals surface area contributed by atoms with Crippen molar-refractivity contribution < 1.29 is 43.8 Å².